The van der Waals surface area contributed by atoms with Gasteiger partial charge in [0.15, 0.2) is 5.17 Å². The van der Waals surface area contributed by atoms with Crippen molar-refractivity contribution >= 4 is 40.1 Å². The summed E-state index contributed by atoms with van der Waals surface area (Å²) in [6.45, 7) is 4.82. The maximum Gasteiger partial charge on any atom is 0.338 e. The number of carbonyl (C=O) groups excluding carboxylic acids is 2. The fraction of sp³-hybridized carbons (Fsp3) is 0.421. The monoisotopic (exact) mass is 421 g/mol. The molecule has 0 saturated carbocycles. The Labute approximate surface area is 172 Å². The molecule has 0 radical (unpaired) electrons. The van der Waals surface area contributed by atoms with Crippen molar-refractivity contribution in [2.24, 2.45) is 4.99 Å². The number of rotatable bonds is 8. The molecule has 1 atom stereocenters. The van der Waals surface area contributed by atoms with Crippen molar-refractivity contribution in [1.29, 1.82) is 0 Å². The maximum atomic E-state index is 12.7. The van der Waals surface area contributed by atoms with Crippen LogP contribution in [0.5, 0.6) is 0 Å². The lowest BCUT2D eigenvalue weighted by Gasteiger charge is -2.35. The van der Waals surface area contributed by atoms with E-state index in [0.29, 0.717) is 31.0 Å². The quantitative estimate of drug-likeness (QED) is 0.513. The molecule has 1 aromatic heterocycles. The molecule has 0 bridgehead atoms. The number of fused-ring (bicyclic) bond motifs is 1. The topological polar surface area (TPSA) is 80.2 Å². The molecule has 150 valence electrons. The minimum absolute atomic E-state index is 0.0989. The molecule has 0 saturated heterocycles. The molecule has 0 fully saturated rings. The minimum Gasteiger partial charge on any atom is -0.463 e. The van der Waals surface area contributed by atoms with E-state index < -0.39 is 0 Å². The number of thiophene rings is 1. The Bertz CT molecular complexity index is 830. The lowest BCUT2D eigenvalue weighted by atomic mass is 9.96. The van der Waals surface area contributed by atoms with Crippen LogP contribution in [0.25, 0.3) is 0 Å². The second-order valence-electron chi connectivity index (χ2n) is 6.19. The molecule has 0 aromatic carbocycles. The lowest BCUT2D eigenvalue weighted by molar-refractivity contribution is -0.139. The third kappa shape index (κ3) is 4.31. The first kappa shape index (κ1) is 20.6. The van der Waals surface area contributed by atoms with E-state index >= 15 is 0 Å². The molecule has 1 unspecified atom stereocenters. The summed E-state index contributed by atoms with van der Waals surface area (Å²) in [6.07, 6.45) is 0.200. The molecule has 0 spiro atoms. The highest BCUT2D eigenvalue weighted by atomic mass is 32.2. The summed E-state index contributed by atoms with van der Waals surface area (Å²) in [6, 6.07) is 1.63. The van der Waals surface area contributed by atoms with Crippen molar-refractivity contribution in [3.8, 4) is 0 Å². The summed E-state index contributed by atoms with van der Waals surface area (Å²) < 4.78 is 10.3. The van der Waals surface area contributed by atoms with Gasteiger partial charge in [-0.3, -0.25) is 4.79 Å². The van der Waals surface area contributed by atoms with Crippen LogP contribution in [0.2, 0.25) is 0 Å². The SMILES string of the molecule is CCOC(=O)C1=C(C)N=C2SC=C(CC(=O)NCCOC)N2C1c1ccsc1. The largest absolute Gasteiger partial charge is 0.463 e. The number of ether oxygens (including phenoxy) is 2. The van der Waals surface area contributed by atoms with Crippen molar-refractivity contribution in [2.45, 2.75) is 26.3 Å². The summed E-state index contributed by atoms with van der Waals surface area (Å²) in [4.78, 5) is 31.6. The van der Waals surface area contributed by atoms with Crippen LogP contribution in [-0.4, -0.2) is 48.8 Å². The molecule has 28 heavy (non-hydrogen) atoms. The number of carbonyl (C=O) groups is 2. The molecule has 7 nitrogen and oxygen atoms in total. The Hall–Kier alpha value is -2.10. The number of nitrogens with zero attached hydrogens (tertiary/aromatic N) is 2. The molecule has 9 heteroatoms. The third-order valence-electron chi connectivity index (χ3n) is 4.32. The normalized spacial score (nSPS) is 18.5. The van der Waals surface area contributed by atoms with Crippen LogP contribution >= 0.6 is 23.1 Å². The van der Waals surface area contributed by atoms with Crippen molar-refractivity contribution in [1.82, 2.24) is 10.2 Å². The van der Waals surface area contributed by atoms with E-state index in [1.54, 1.807) is 25.4 Å². The Morgan fingerprint density at radius 1 is 1.39 bits per heavy atom. The van der Waals surface area contributed by atoms with Gasteiger partial charge in [0.05, 0.1) is 36.9 Å². The van der Waals surface area contributed by atoms with Crippen molar-refractivity contribution in [3.05, 3.63) is 44.8 Å². The average Bonchev–Trinajstić information content (AvgIpc) is 3.31. The number of aliphatic imine (C=N–C) groups is 1. The van der Waals surface area contributed by atoms with Crippen molar-refractivity contribution in [3.63, 3.8) is 0 Å². The molecule has 2 aliphatic heterocycles. The van der Waals surface area contributed by atoms with Gasteiger partial charge in [-0.05, 0) is 41.6 Å². The van der Waals surface area contributed by atoms with E-state index in [1.807, 2.05) is 34.1 Å². The van der Waals surface area contributed by atoms with Crippen LogP contribution in [0.4, 0.5) is 0 Å². The minimum atomic E-state index is -0.375. The third-order valence-corrected chi connectivity index (χ3v) is 5.92. The first-order valence-corrected chi connectivity index (χ1v) is 10.8. The van der Waals surface area contributed by atoms with Crippen LogP contribution < -0.4 is 5.32 Å². The summed E-state index contributed by atoms with van der Waals surface area (Å²) in [5.41, 5.74) is 2.95. The number of hydrogen-bond acceptors (Lipinski definition) is 8. The molecule has 3 rings (SSSR count). The van der Waals surface area contributed by atoms with Gasteiger partial charge in [0.25, 0.3) is 0 Å². The van der Waals surface area contributed by atoms with Gasteiger partial charge in [-0.25, -0.2) is 9.79 Å². The first-order chi connectivity index (χ1) is 13.6. The number of methoxy groups -OCH3 is 1. The zero-order chi connectivity index (χ0) is 20.1. The highest BCUT2D eigenvalue weighted by Crippen LogP contribution is 2.45. The predicted molar refractivity (Wildman–Crippen MR) is 111 cm³/mol. The Balaban J connectivity index is 1.89. The summed E-state index contributed by atoms with van der Waals surface area (Å²) in [5, 5.41) is 9.52. The van der Waals surface area contributed by atoms with Gasteiger partial charge in [0.2, 0.25) is 5.91 Å². The van der Waals surface area contributed by atoms with E-state index in [-0.39, 0.29) is 24.3 Å². The van der Waals surface area contributed by atoms with E-state index in [2.05, 4.69) is 10.3 Å². The van der Waals surface area contributed by atoms with E-state index in [0.717, 1.165) is 16.4 Å². The second kappa shape index (κ2) is 9.40. The molecular weight excluding hydrogens is 398 g/mol. The van der Waals surface area contributed by atoms with Gasteiger partial charge in [0, 0.05) is 19.4 Å². The number of thioether (sulfide) groups is 1. The van der Waals surface area contributed by atoms with E-state index in [1.165, 1.54) is 11.8 Å². The highest BCUT2D eigenvalue weighted by molar-refractivity contribution is 8.16. The zero-order valence-electron chi connectivity index (χ0n) is 16.1. The second-order valence-corrected chi connectivity index (χ2v) is 7.81. The number of amidine groups is 1. The molecule has 1 aromatic rings. The standard InChI is InChI=1S/C19H23N3O4S2/c1-4-26-18(24)16-12(2)21-19-22(17(16)13-5-8-27-10-13)14(11-28-19)9-15(23)20-6-7-25-3/h5,8,10-11,17H,4,6-7,9H2,1-3H3,(H,20,23). The van der Waals surface area contributed by atoms with Gasteiger partial charge in [-0.1, -0.05) is 11.8 Å². The Morgan fingerprint density at radius 2 is 2.21 bits per heavy atom. The molecule has 2 aliphatic rings. The number of hydrogen-bond donors (Lipinski definition) is 1. The van der Waals surface area contributed by atoms with E-state index in [4.69, 9.17) is 9.47 Å². The van der Waals surface area contributed by atoms with Crippen LogP contribution in [0.1, 0.15) is 31.9 Å². The number of esters is 1. The average molecular weight is 422 g/mol. The van der Waals surface area contributed by atoms with Crippen molar-refractivity contribution in [2.75, 3.05) is 26.9 Å². The van der Waals surface area contributed by atoms with Crippen LogP contribution in [-0.2, 0) is 19.1 Å². The maximum absolute atomic E-state index is 12.7. The molecule has 1 N–H and O–H groups in total. The van der Waals surface area contributed by atoms with E-state index in [9.17, 15) is 9.59 Å². The van der Waals surface area contributed by atoms with Gasteiger partial charge in [-0.2, -0.15) is 11.3 Å². The molecule has 1 amide bonds. The zero-order valence-corrected chi connectivity index (χ0v) is 17.7. The van der Waals surface area contributed by atoms with Crippen molar-refractivity contribution < 1.29 is 19.1 Å². The highest BCUT2D eigenvalue weighted by Gasteiger charge is 2.41. The molecular formula is C19H23N3O4S2. The Morgan fingerprint density at radius 3 is 2.89 bits per heavy atom. The fourth-order valence-corrected chi connectivity index (χ4v) is 4.75. The fourth-order valence-electron chi connectivity index (χ4n) is 3.11. The van der Waals surface area contributed by atoms with Gasteiger partial charge in [-0.15, -0.1) is 0 Å². The summed E-state index contributed by atoms with van der Waals surface area (Å²) in [7, 11) is 1.59. The first-order valence-electron chi connectivity index (χ1n) is 8.96. The van der Waals surface area contributed by atoms with Gasteiger partial charge < -0.3 is 19.7 Å². The van der Waals surface area contributed by atoms with Crippen LogP contribution in [0, 0.1) is 0 Å². The lowest BCUT2D eigenvalue weighted by Crippen LogP contribution is -2.38. The number of amides is 1. The Kier molecular flexibility index (Phi) is 6.93. The predicted octanol–water partition coefficient (Wildman–Crippen LogP) is 3.04. The smallest absolute Gasteiger partial charge is 0.338 e. The summed E-state index contributed by atoms with van der Waals surface area (Å²) in [5.74, 6) is -0.474. The van der Waals surface area contributed by atoms with Gasteiger partial charge in [0.1, 0.15) is 0 Å². The number of allylic oxidation sites excluding steroid dienone is 1. The number of nitrogens with one attached hydrogen (secondary N) is 1. The van der Waals surface area contributed by atoms with Crippen LogP contribution in [0.3, 0.4) is 0 Å². The molecule has 3 heterocycles. The molecule has 0 aliphatic carbocycles. The van der Waals surface area contributed by atoms with Gasteiger partial charge >= 0.3 is 5.97 Å². The van der Waals surface area contributed by atoms with Crippen LogP contribution in [0.15, 0.2) is 44.2 Å². The summed E-state index contributed by atoms with van der Waals surface area (Å²) >= 11 is 3.03.